The van der Waals surface area contributed by atoms with Gasteiger partial charge in [-0.1, -0.05) is 24.1 Å². The van der Waals surface area contributed by atoms with Crippen LogP contribution in [0.5, 0.6) is 0 Å². The van der Waals surface area contributed by atoms with Crippen LogP contribution in [0, 0.1) is 17.8 Å². The first-order chi connectivity index (χ1) is 10.6. The lowest BCUT2D eigenvalue weighted by Gasteiger charge is -2.44. The highest BCUT2D eigenvalue weighted by Gasteiger charge is 2.42. The van der Waals surface area contributed by atoms with Gasteiger partial charge in [0, 0.05) is 29.2 Å². The molecule has 2 fully saturated rings. The Balaban J connectivity index is 0.00000156. The van der Waals surface area contributed by atoms with E-state index < -0.39 is 0 Å². The zero-order chi connectivity index (χ0) is 15.3. The monoisotopic (exact) mass is 354 g/mol. The Morgan fingerprint density at radius 1 is 1.22 bits per heavy atom. The first kappa shape index (κ1) is 17.1. The van der Waals surface area contributed by atoms with Crippen molar-refractivity contribution in [1.82, 2.24) is 0 Å². The zero-order valence-electron chi connectivity index (χ0n) is 13.2. The Labute approximate surface area is 149 Å². The third-order valence-corrected chi connectivity index (χ3v) is 6.21. The van der Waals surface area contributed by atoms with E-state index in [0.717, 1.165) is 31.5 Å². The molecule has 3 nitrogen and oxygen atoms in total. The molecule has 126 valence electrons. The molecule has 4 rings (SSSR count). The van der Waals surface area contributed by atoms with E-state index in [1.807, 2.05) is 17.0 Å². The van der Waals surface area contributed by atoms with Gasteiger partial charge < -0.3 is 10.6 Å². The van der Waals surface area contributed by atoms with E-state index in [-0.39, 0.29) is 18.3 Å². The molecule has 1 aliphatic heterocycles. The molecule has 0 radical (unpaired) electrons. The molecular formula is C18H24Cl2N2O. The van der Waals surface area contributed by atoms with Crippen LogP contribution in [0.15, 0.2) is 18.2 Å². The molecule has 1 heterocycles. The van der Waals surface area contributed by atoms with Crippen molar-refractivity contribution in [3.63, 3.8) is 0 Å². The van der Waals surface area contributed by atoms with Crippen LogP contribution < -0.4 is 10.6 Å². The molecule has 23 heavy (non-hydrogen) atoms. The number of benzene rings is 1. The van der Waals surface area contributed by atoms with E-state index in [2.05, 4.69) is 6.07 Å². The van der Waals surface area contributed by atoms with E-state index in [0.29, 0.717) is 28.8 Å². The fourth-order valence-electron chi connectivity index (χ4n) is 4.79. The third-order valence-electron chi connectivity index (χ3n) is 5.97. The summed E-state index contributed by atoms with van der Waals surface area (Å²) in [6.07, 6.45) is 6.57. The minimum absolute atomic E-state index is 0. The van der Waals surface area contributed by atoms with Crippen LogP contribution >= 0.6 is 24.0 Å². The van der Waals surface area contributed by atoms with Gasteiger partial charge in [0.25, 0.3) is 0 Å². The van der Waals surface area contributed by atoms with Gasteiger partial charge in [0.1, 0.15) is 0 Å². The van der Waals surface area contributed by atoms with Crippen LogP contribution in [0.25, 0.3) is 0 Å². The number of amides is 1. The molecule has 1 aromatic carbocycles. The van der Waals surface area contributed by atoms with E-state index >= 15 is 0 Å². The number of nitrogens with two attached hydrogens (primary N) is 1. The SMILES string of the molecule is Cl.NC1C2CCCC1CC(C(=O)N1CCc3ccc(Cl)cc31)C2. The highest BCUT2D eigenvalue weighted by Crippen LogP contribution is 2.43. The molecule has 2 saturated carbocycles. The normalized spacial score (nSPS) is 32.2. The number of carbonyl (C=O) groups is 1. The highest BCUT2D eigenvalue weighted by atomic mass is 35.5. The van der Waals surface area contributed by atoms with E-state index in [1.54, 1.807) is 0 Å². The Hall–Kier alpha value is -0.770. The van der Waals surface area contributed by atoms with Gasteiger partial charge in [-0.15, -0.1) is 12.4 Å². The van der Waals surface area contributed by atoms with Gasteiger partial charge in [-0.3, -0.25) is 4.79 Å². The van der Waals surface area contributed by atoms with Crippen molar-refractivity contribution in [3.8, 4) is 0 Å². The van der Waals surface area contributed by atoms with Gasteiger partial charge >= 0.3 is 0 Å². The zero-order valence-corrected chi connectivity index (χ0v) is 14.8. The van der Waals surface area contributed by atoms with Crippen molar-refractivity contribution in [2.45, 2.75) is 44.6 Å². The molecule has 1 aromatic rings. The van der Waals surface area contributed by atoms with Gasteiger partial charge in [0.15, 0.2) is 0 Å². The maximum Gasteiger partial charge on any atom is 0.230 e. The molecule has 0 aromatic heterocycles. The lowest BCUT2D eigenvalue weighted by atomic mass is 9.65. The van der Waals surface area contributed by atoms with Gasteiger partial charge in [-0.05, 0) is 61.6 Å². The molecule has 2 atom stereocenters. The summed E-state index contributed by atoms with van der Waals surface area (Å²) in [6, 6.07) is 6.23. The second kappa shape index (κ2) is 6.62. The quantitative estimate of drug-likeness (QED) is 0.833. The molecule has 0 saturated heterocycles. The van der Waals surface area contributed by atoms with Crippen molar-refractivity contribution >= 4 is 35.6 Å². The Morgan fingerprint density at radius 3 is 2.61 bits per heavy atom. The molecule has 2 unspecified atom stereocenters. The minimum Gasteiger partial charge on any atom is -0.327 e. The average Bonchev–Trinajstić information content (AvgIpc) is 2.89. The number of halogens is 2. The summed E-state index contributed by atoms with van der Waals surface area (Å²) in [5.41, 5.74) is 8.62. The first-order valence-corrected chi connectivity index (χ1v) is 8.86. The first-order valence-electron chi connectivity index (χ1n) is 8.49. The predicted octanol–water partition coefficient (Wildman–Crippen LogP) is 3.80. The number of fused-ring (bicyclic) bond motifs is 3. The van der Waals surface area contributed by atoms with Gasteiger partial charge in [-0.2, -0.15) is 0 Å². The lowest BCUT2D eigenvalue weighted by molar-refractivity contribution is -0.125. The van der Waals surface area contributed by atoms with Crippen LogP contribution in [0.1, 0.15) is 37.7 Å². The van der Waals surface area contributed by atoms with Crippen LogP contribution in [-0.4, -0.2) is 18.5 Å². The van der Waals surface area contributed by atoms with Gasteiger partial charge in [0.2, 0.25) is 5.91 Å². The summed E-state index contributed by atoms with van der Waals surface area (Å²) in [5, 5.41) is 0.709. The molecular weight excluding hydrogens is 331 g/mol. The third kappa shape index (κ3) is 2.99. The van der Waals surface area contributed by atoms with Crippen molar-refractivity contribution in [2.75, 3.05) is 11.4 Å². The second-order valence-corrected chi connectivity index (χ2v) is 7.65. The van der Waals surface area contributed by atoms with Crippen LogP contribution in [0.2, 0.25) is 5.02 Å². The largest absolute Gasteiger partial charge is 0.327 e. The van der Waals surface area contributed by atoms with Crippen LogP contribution in [0.3, 0.4) is 0 Å². The molecule has 0 spiro atoms. The molecule has 2 aliphatic carbocycles. The van der Waals surface area contributed by atoms with Crippen molar-refractivity contribution in [1.29, 1.82) is 0 Å². The summed E-state index contributed by atoms with van der Waals surface area (Å²) in [6.45, 7) is 0.798. The van der Waals surface area contributed by atoms with E-state index in [9.17, 15) is 4.79 Å². The average molecular weight is 355 g/mol. The maximum atomic E-state index is 13.1. The minimum atomic E-state index is 0. The topological polar surface area (TPSA) is 46.3 Å². The smallest absolute Gasteiger partial charge is 0.230 e. The second-order valence-electron chi connectivity index (χ2n) is 7.21. The van der Waals surface area contributed by atoms with E-state index in [1.165, 1.54) is 24.8 Å². The molecule has 2 bridgehead atoms. The van der Waals surface area contributed by atoms with Crippen molar-refractivity contribution in [2.24, 2.45) is 23.5 Å². The number of anilines is 1. The standard InChI is InChI=1S/C18H23ClN2O.ClH/c19-15-5-4-11-6-7-21(16(11)10-15)18(22)14-8-12-2-1-3-13(9-14)17(12)20;/h4-5,10,12-14,17H,1-3,6-9,20H2;1H. The molecule has 3 aliphatic rings. The maximum absolute atomic E-state index is 13.1. The Morgan fingerprint density at radius 2 is 1.91 bits per heavy atom. The molecule has 1 amide bonds. The van der Waals surface area contributed by atoms with E-state index in [4.69, 9.17) is 17.3 Å². The number of rotatable bonds is 1. The highest BCUT2D eigenvalue weighted by molar-refractivity contribution is 6.31. The van der Waals surface area contributed by atoms with Crippen molar-refractivity contribution < 1.29 is 4.79 Å². The number of hydrogen-bond acceptors (Lipinski definition) is 2. The number of carbonyl (C=O) groups excluding carboxylic acids is 1. The Bertz CT molecular complexity index is 593. The fourth-order valence-corrected chi connectivity index (χ4v) is 4.96. The number of hydrogen-bond donors (Lipinski definition) is 1. The summed E-state index contributed by atoms with van der Waals surface area (Å²) in [5.74, 6) is 1.54. The van der Waals surface area contributed by atoms with Gasteiger partial charge in [-0.25, -0.2) is 0 Å². The van der Waals surface area contributed by atoms with Crippen LogP contribution in [0.4, 0.5) is 5.69 Å². The number of nitrogens with zero attached hydrogens (tertiary/aromatic N) is 1. The Kier molecular flexibility index (Phi) is 4.91. The summed E-state index contributed by atoms with van der Waals surface area (Å²) >= 11 is 6.12. The summed E-state index contributed by atoms with van der Waals surface area (Å²) in [4.78, 5) is 15.0. The predicted molar refractivity (Wildman–Crippen MR) is 96.3 cm³/mol. The fraction of sp³-hybridized carbons (Fsp3) is 0.611. The molecule has 2 N–H and O–H groups in total. The summed E-state index contributed by atoms with van der Waals surface area (Å²) in [7, 11) is 0. The van der Waals surface area contributed by atoms with Crippen molar-refractivity contribution in [3.05, 3.63) is 28.8 Å². The summed E-state index contributed by atoms with van der Waals surface area (Å²) < 4.78 is 0. The molecule has 5 heteroatoms. The lowest BCUT2D eigenvalue weighted by Crippen LogP contribution is -2.49. The van der Waals surface area contributed by atoms with Crippen LogP contribution in [-0.2, 0) is 11.2 Å². The van der Waals surface area contributed by atoms with Gasteiger partial charge in [0.05, 0.1) is 0 Å².